The second kappa shape index (κ2) is 10.6. The average molecular weight is 453 g/mol. The maximum atomic E-state index is 12.8. The number of carboxylic acids is 1. The maximum Gasteiger partial charge on any atom is 0.305 e. The summed E-state index contributed by atoms with van der Waals surface area (Å²) in [7, 11) is 0. The van der Waals surface area contributed by atoms with Gasteiger partial charge in [-0.15, -0.1) is 11.3 Å². The second-order valence-electron chi connectivity index (χ2n) is 7.50. The first-order chi connectivity index (χ1) is 15.3. The Balaban J connectivity index is 1.74. The van der Waals surface area contributed by atoms with Gasteiger partial charge in [0.25, 0.3) is 5.91 Å². The van der Waals surface area contributed by atoms with Crippen molar-refractivity contribution >= 4 is 29.1 Å². The zero-order chi connectivity index (χ0) is 23.1. The molecule has 0 aliphatic heterocycles. The molecule has 2 unspecified atom stereocenters. The number of carbonyl (C=O) groups excluding carboxylic acids is 2. The molecular weight excluding hydrogens is 428 g/mol. The molecule has 3 N–H and O–H groups in total. The molecule has 0 aliphatic rings. The Bertz CT molecular complexity index is 1070. The van der Waals surface area contributed by atoms with Crippen molar-refractivity contribution in [3.8, 4) is 11.4 Å². The highest BCUT2D eigenvalue weighted by molar-refractivity contribution is 7.12. The van der Waals surface area contributed by atoms with Gasteiger partial charge in [0, 0.05) is 30.4 Å². The highest BCUT2D eigenvalue weighted by Crippen LogP contribution is 2.17. The lowest BCUT2D eigenvalue weighted by molar-refractivity contribution is -0.137. The molecule has 1 aromatic carbocycles. The van der Waals surface area contributed by atoms with E-state index in [1.54, 1.807) is 36.8 Å². The normalized spacial score (nSPS) is 12.6. The van der Waals surface area contributed by atoms with Crippen LogP contribution in [0.4, 0.5) is 0 Å². The molecular formula is C23H24N4O4S. The number of thiophene rings is 1. The quantitative estimate of drug-likeness (QED) is 0.459. The van der Waals surface area contributed by atoms with Crippen molar-refractivity contribution in [2.45, 2.75) is 38.8 Å². The fourth-order valence-electron chi connectivity index (χ4n) is 3.07. The molecule has 8 nitrogen and oxygen atoms in total. The number of nitrogens with one attached hydrogen (secondary N) is 2. The van der Waals surface area contributed by atoms with Crippen molar-refractivity contribution < 1.29 is 19.5 Å². The van der Waals surface area contributed by atoms with E-state index in [0.717, 1.165) is 16.7 Å². The van der Waals surface area contributed by atoms with Crippen molar-refractivity contribution in [3.63, 3.8) is 0 Å². The molecule has 2 aromatic heterocycles. The van der Waals surface area contributed by atoms with E-state index in [1.807, 2.05) is 31.2 Å². The van der Waals surface area contributed by atoms with Gasteiger partial charge in [0.1, 0.15) is 6.04 Å². The minimum Gasteiger partial charge on any atom is -0.481 e. The topological polar surface area (TPSA) is 121 Å². The summed E-state index contributed by atoms with van der Waals surface area (Å²) in [5.41, 5.74) is 2.64. The minimum atomic E-state index is -1.01. The zero-order valence-electron chi connectivity index (χ0n) is 17.7. The number of carbonyl (C=O) groups is 3. The fraction of sp³-hybridized carbons (Fsp3) is 0.261. The first-order valence-electron chi connectivity index (χ1n) is 10.1. The van der Waals surface area contributed by atoms with Crippen LogP contribution in [0.25, 0.3) is 11.4 Å². The number of hydrogen-bond acceptors (Lipinski definition) is 6. The van der Waals surface area contributed by atoms with Crippen LogP contribution in [-0.2, 0) is 16.0 Å². The van der Waals surface area contributed by atoms with Crippen molar-refractivity contribution in [3.05, 3.63) is 70.2 Å². The van der Waals surface area contributed by atoms with Gasteiger partial charge < -0.3 is 15.7 Å². The Labute approximate surface area is 189 Å². The van der Waals surface area contributed by atoms with Crippen LogP contribution in [0.1, 0.15) is 34.1 Å². The van der Waals surface area contributed by atoms with E-state index in [1.165, 1.54) is 11.3 Å². The summed E-state index contributed by atoms with van der Waals surface area (Å²) >= 11 is 1.28. The molecule has 0 saturated carbocycles. The molecule has 2 heterocycles. The number of hydrogen-bond donors (Lipinski definition) is 3. The lowest BCUT2D eigenvalue weighted by atomic mass is 10.0. The van der Waals surface area contributed by atoms with Crippen LogP contribution in [-0.4, -0.2) is 44.9 Å². The second-order valence-corrected chi connectivity index (χ2v) is 8.44. The van der Waals surface area contributed by atoms with Gasteiger partial charge in [-0.2, -0.15) is 0 Å². The first-order valence-corrected chi connectivity index (χ1v) is 10.9. The number of rotatable bonds is 9. The fourth-order valence-corrected chi connectivity index (χ4v) is 3.70. The van der Waals surface area contributed by atoms with Crippen LogP contribution >= 0.6 is 11.3 Å². The third-order valence-corrected chi connectivity index (χ3v) is 5.54. The molecule has 0 fully saturated rings. The first kappa shape index (κ1) is 23.1. The molecule has 3 aromatic rings. The van der Waals surface area contributed by atoms with Gasteiger partial charge in [0.05, 0.1) is 11.3 Å². The van der Waals surface area contributed by atoms with Crippen molar-refractivity contribution in [1.29, 1.82) is 0 Å². The Morgan fingerprint density at radius 3 is 2.34 bits per heavy atom. The molecule has 166 valence electrons. The molecule has 9 heteroatoms. The molecule has 0 spiro atoms. The summed E-state index contributed by atoms with van der Waals surface area (Å²) in [4.78, 5) is 45.4. The monoisotopic (exact) mass is 452 g/mol. The largest absolute Gasteiger partial charge is 0.481 e. The highest BCUT2D eigenvalue weighted by Gasteiger charge is 2.24. The van der Waals surface area contributed by atoms with E-state index in [9.17, 15) is 14.4 Å². The molecule has 0 saturated heterocycles. The van der Waals surface area contributed by atoms with Crippen LogP contribution in [0.15, 0.2) is 54.2 Å². The summed E-state index contributed by atoms with van der Waals surface area (Å²) in [5, 5.41) is 16.2. The molecule has 0 bridgehead atoms. The van der Waals surface area contributed by atoms with Crippen LogP contribution < -0.4 is 10.6 Å². The van der Waals surface area contributed by atoms with E-state index in [4.69, 9.17) is 5.11 Å². The molecule has 3 rings (SSSR count). The summed E-state index contributed by atoms with van der Waals surface area (Å²) in [5.74, 6) is -1.19. The summed E-state index contributed by atoms with van der Waals surface area (Å²) in [6, 6.07) is 9.46. The maximum absolute atomic E-state index is 12.8. The third kappa shape index (κ3) is 6.45. The van der Waals surface area contributed by atoms with Crippen LogP contribution in [0.2, 0.25) is 0 Å². The number of amides is 2. The summed E-state index contributed by atoms with van der Waals surface area (Å²) in [6.45, 7) is 3.53. The van der Waals surface area contributed by atoms with Crippen molar-refractivity contribution in [1.82, 2.24) is 20.6 Å². The Morgan fingerprint density at radius 2 is 1.75 bits per heavy atom. The Hall–Kier alpha value is -3.59. The summed E-state index contributed by atoms with van der Waals surface area (Å²) < 4.78 is 0. The van der Waals surface area contributed by atoms with Crippen molar-refractivity contribution in [2.24, 2.45) is 0 Å². The average Bonchev–Trinajstić information content (AvgIpc) is 3.29. The molecule has 0 radical (unpaired) electrons. The van der Waals surface area contributed by atoms with E-state index < -0.39 is 24.0 Å². The van der Waals surface area contributed by atoms with E-state index in [-0.39, 0.29) is 18.7 Å². The van der Waals surface area contributed by atoms with Crippen LogP contribution in [0.5, 0.6) is 0 Å². The van der Waals surface area contributed by atoms with Crippen molar-refractivity contribution in [2.75, 3.05) is 0 Å². The predicted octanol–water partition coefficient (Wildman–Crippen LogP) is 2.83. The van der Waals surface area contributed by atoms with Gasteiger partial charge in [-0.05, 0) is 36.4 Å². The van der Waals surface area contributed by atoms with Gasteiger partial charge in [-0.25, -0.2) is 9.97 Å². The lowest BCUT2D eigenvalue weighted by Crippen LogP contribution is -2.50. The zero-order valence-corrected chi connectivity index (χ0v) is 18.6. The smallest absolute Gasteiger partial charge is 0.305 e. The highest BCUT2D eigenvalue weighted by atomic mass is 32.1. The van der Waals surface area contributed by atoms with Crippen LogP contribution in [0, 0.1) is 6.92 Å². The minimum absolute atomic E-state index is 0.206. The number of benzene rings is 1. The van der Waals surface area contributed by atoms with E-state index >= 15 is 0 Å². The van der Waals surface area contributed by atoms with Gasteiger partial charge in [-0.1, -0.05) is 30.3 Å². The third-order valence-electron chi connectivity index (χ3n) is 4.67. The van der Waals surface area contributed by atoms with Gasteiger partial charge in [-0.3, -0.25) is 14.4 Å². The SMILES string of the molecule is Cc1cnc(-c2ccc(CC(NC(=O)c3cccs3)C(=O)NC(C)CC(=O)O)cc2)nc1. The predicted molar refractivity (Wildman–Crippen MR) is 121 cm³/mol. The van der Waals surface area contributed by atoms with Gasteiger partial charge in [0.2, 0.25) is 5.91 Å². The summed E-state index contributed by atoms with van der Waals surface area (Å²) in [6.07, 6.45) is 3.53. The van der Waals surface area contributed by atoms with E-state index in [2.05, 4.69) is 20.6 Å². The Kier molecular flexibility index (Phi) is 7.67. The van der Waals surface area contributed by atoms with E-state index in [0.29, 0.717) is 10.7 Å². The number of aryl methyl sites for hydroxylation is 1. The number of aliphatic carboxylic acids is 1. The molecule has 2 atom stereocenters. The van der Waals surface area contributed by atoms with Gasteiger partial charge in [0.15, 0.2) is 5.82 Å². The number of carboxylic acid groups (broad SMARTS) is 1. The van der Waals surface area contributed by atoms with Gasteiger partial charge >= 0.3 is 5.97 Å². The van der Waals surface area contributed by atoms with Crippen LogP contribution in [0.3, 0.4) is 0 Å². The molecule has 0 aliphatic carbocycles. The molecule has 32 heavy (non-hydrogen) atoms. The number of nitrogens with zero attached hydrogens (tertiary/aromatic N) is 2. The number of aromatic nitrogens is 2. The lowest BCUT2D eigenvalue weighted by Gasteiger charge is -2.21. The standard InChI is InChI=1S/C23H24N4O4S/c1-14-12-24-21(25-13-14)17-7-5-16(6-8-17)11-18(22(30)26-15(2)10-20(28)29)27-23(31)19-4-3-9-32-19/h3-9,12-13,15,18H,10-11H2,1-2H3,(H,26,30)(H,27,31)(H,28,29). The Morgan fingerprint density at radius 1 is 1.06 bits per heavy atom. The molecule has 2 amide bonds.